The van der Waals surface area contributed by atoms with Crippen molar-refractivity contribution in [3.63, 3.8) is 0 Å². The zero-order valence-corrected chi connectivity index (χ0v) is 13.0. The van der Waals surface area contributed by atoms with Crippen molar-refractivity contribution in [3.8, 4) is 17.1 Å². The number of amides is 1. The molecule has 2 rings (SSSR count). The molecule has 3 N–H and O–H groups in total. The first-order valence-corrected chi connectivity index (χ1v) is 6.69. The van der Waals surface area contributed by atoms with Crippen molar-refractivity contribution in [3.05, 3.63) is 24.4 Å². The lowest BCUT2D eigenvalue weighted by molar-refractivity contribution is 0.0636. The van der Waals surface area contributed by atoms with Gasteiger partial charge in [0.1, 0.15) is 17.0 Å². The maximum Gasteiger partial charge on any atom is 0.412 e. The Morgan fingerprint density at radius 2 is 2.09 bits per heavy atom. The highest BCUT2D eigenvalue weighted by atomic mass is 16.6. The Hall–Kier alpha value is -2.70. The first kappa shape index (κ1) is 15.7. The van der Waals surface area contributed by atoms with Crippen molar-refractivity contribution in [1.29, 1.82) is 0 Å². The van der Waals surface area contributed by atoms with Gasteiger partial charge in [-0.05, 0) is 32.9 Å². The van der Waals surface area contributed by atoms with Gasteiger partial charge in [-0.2, -0.15) is 0 Å². The third kappa shape index (κ3) is 3.69. The van der Waals surface area contributed by atoms with Crippen LogP contribution in [0.25, 0.3) is 11.3 Å². The number of rotatable bonds is 3. The number of nitrogen functional groups attached to an aromatic ring is 1. The summed E-state index contributed by atoms with van der Waals surface area (Å²) in [5.41, 5.74) is 6.80. The third-order valence-corrected chi connectivity index (χ3v) is 2.69. The van der Waals surface area contributed by atoms with Gasteiger partial charge in [0.05, 0.1) is 18.9 Å². The number of nitrogens with one attached hydrogen (secondary N) is 1. The first-order valence-electron chi connectivity index (χ1n) is 6.69. The van der Waals surface area contributed by atoms with Crippen LogP contribution in [0.1, 0.15) is 20.8 Å². The number of hydrogen-bond donors (Lipinski definition) is 2. The average Bonchev–Trinajstić information content (AvgIpc) is 2.82. The number of benzene rings is 1. The third-order valence-electron chi connectivity index (χ3n) is 2.69. The Morgan fingerprint density at radius 1 is 1.36 bits per heavy atom. The lowest BCUT2D eigenvalue weighted by Crippen LogP contribution is -2.27. The van der Waals surface area contributed by atoms with Crippen LogP contribution >= 0.6 is 0 Å². The van der Waals surface area contributed by atoms with Crippen LogP contribution in [0.15, 0.2) is 28.9 Å². The largest absolute Gasteiger partial charge is 0.496 e. The molecule has 0 saturated carbocycles. The van der Waals surface area contributed by atoms with Crippen molar-refractivity contribution in [1.82, 2.24) is 5.16 Å². The molecular weight excluding hydrogens is 286 g/mol. The number of hydrogen-bond acceptors (Lipinski definition) is 6. The molecule has 0 saturated heterocycles. The topological polar surface area (TPSA) is 99.6 Å². The van der Waals surface area contributed by atoms with Crippen molar-refractivity contribution in [2.45, 2.75) is 26.4 Å². The second-order valence-corrected chi connectivity index (χ2v) is 5.65. The van der Waals surface area contributed by atoms with Crippen molar-refractivity contribution < 1.29 is 18.8 Å². The second-order valence-electron chi connectivity index (χ2n) is 5.65. The molecule has 0 spiro atoms. The fourth-order valence-electron chi connectivity index (χ4n) is 1.83. The molecule has 0 bridgehead atoms. The SMILES string of the molecule is COc1cc(NC(=O)OC(C)(C)C)ccc1-c1oncc1N. The van der Waals surface area contributed by atoms with Crippen molar-refractivity contribution >= 4 is 17.5 Å². The predicted octanol–water partition coefficient (Wildman–Crippen LogP) is 3.28. The highest BCUT2D eigenvalue weighted by Gasteiger charge is 2.18. The van der Waals surface area contributed by atoms with Gasteiger partial charge >= 0.3 is 6.09 Å². The van der Waals surface area contributed by atoms with E-state index in [1.807, 2.05) is 0 Å². The predicted molar refractivity (Wildman–Crippen MR) is 82.8 cm³/mol. The molecule has 1 amide bonds. The molecule has 22 heavy (non-hydrogen) atoms. The molecule has 0 atom stereocenters. The average molecular weight is 305 g/mol. The number of nitrogens with zero attached hydrogens (tertiary/aromatic N) is 1. The monoisotopic (exact) mass is 305 g/mol. The van der Waals surface area contributed by atoms with Gasteiger partial charge in [-0.1, -0.05) is 5.16 Å². The van der Waals surface area contributed by atoms with E-state index in [0.29, 0.717) is 28.4 Å². The van der Waals surface area contributed by atoms with E-state index < -0.39 is 11.7 Å². The lowest BCUT2D eigenvalue weighted by atomic mass is 10.1. The van der Waals surface area contributed by atoms with Gasteiger partial charge in [0.25, 0.3) is 0 Å². The number of nitrogens with two attached hydrogens (primary N) is 1. The van der Waals surface area contributed by atoms with Gasteiger partial charge in [0, 0.05) is 11.8 Å². The van der Waals surface area contributed by atoms with Crippen LogP contribution in [-0.4, -0.2) is 24.0 Å². The quantitative estimate of drug-likeness (QED) is 0.902. The summed E-state index contributed by atoms with van der Waals surface area (Å²) in [7, 11) is 1.52. The van der Waals surface area contributed by atoms with Crippen LogP contribution in [0.2, 0.25) is 0 Å². The molecule has 0 unspecified atom stereocenters. The molecule has 0 aliphatic carbocycles. The van der Waals surface area contributed by atoms with Crippen LogP contribution in [0, 0.1) is 0 Å². The summed E-state index contributed by atoms with van der Waals surface area (Å²) in [6.07, 6.45) is 0.878. The maximum absolute atomic E-state index is 11.8. The summed E-state index contributed by atoms with van der Waals surface area (Å²) in [5, 5.41) is 6.28. The summed E-state index contributed by atoms with van der Waals surface area (Å²) in [4.78, 5) is 11.8. The van der Waals surface area contributed by atoms with E-state index in [2.05, 4.69) is 10.5 Å². The van der Waals surface area contributed by atoms with Crippen LogP contribution in [0.3, 0.4) is 0 Å². The van der Waals surface area contributed by atoms with E-state index in [4.69, 9.17) is 19.7 Å². The van der Waals surface area contributed by atoms with Crippen LogP contribution in [0.5, 0.6) is 5.75 Å². The Kier molecular flexibility index (Phi) is 4.25. The Bertz CT molecular complexity index is 674. The molecule has 7 heteroatoms. The van der Waals surface area contributed by atoms with Gasteiger partial charge in [-0.15, -0.1) is 0 Å². The highest BCUT2D eigenvalue weighted by Crippen LogP contribution is 2.35. The summed E-state index contributed by atoms with van der Waals surface area (Å²) in [6.45, 7) is 5.38. The van der Waals surface area contributed by atoms with Gasteiger partial charge in [0.2, 0.25) is 0 Å². The molecule has 2 aromatic rings. The number of aromatic nitrogens is 1. The molecule has 7 nitrogen and oxygen atoms in total. The van der Waals surface area contributed by atoms with Crippen LogP contribution in [0.4, 0.5) is 16.2 Å². The molecule has 1 aromatic carbocycles. The molecule has 0 aliphatic heterocycles. The Balaban J connectivity index is 2.23. The molecule has 118 valence electrons. The fraction of sp³-hybridized carbons (Fsp3) is 0.333. The number of ether oxygens (including phenoxy) is 2. The van der Waals surface area contributed by atoms with E-state index in [9.17, 15) is 4.79 Å². The zero-order valence-electron chi connectivity index (χ0n) is 13.0. The van der Waals surface area contributed by atoms with Gasteiger partial charge < -0.3 is 19.7 Å². The number of carbonyl (C=O) groups excluding carboxylic acids is 1. The van der Waals surface area contributed by atoms with E-state index in [1.165, 1.54) is 13.3 Å². The minimum Gasteiger partial charge on any atom is -0.496 e. The molecular formula is C15H19N3O4. The van der Waals surface area contributed by atoms with E-state index in [0.717, 1.165) is 0 Å². The Morgan fingerprint density at radius 3 is 2.64 bits per heavy atom. The molecule has 0 radical (unpaired) electrons. The van der Waals surface area contributed by atoms with Crippen molar-refractivity contribution in [2.24, 2.45) is 0 Å². The minimum absolute atomic E-state index is 0.408. The highest BCUT2D eigenvalue weighted by molar-refractivity contribution is 5.87. The maximum atomic E-state index is 11.8. The zero-order chi connectivity index (χ0) is 16.3. The number of anilines is 2. The second kappa shape index (κ2) is 5.97. The summed E-state index contributed by atoms with van der Waals surface area (Å²) < 4.78 is 15.6. The molecule has 0 aliphatic rings. The smallest absolute Gasteiger partial charge is 0.412 e. The van der Waals surface area contributed by atoms with Gasteiger partial charge in [-0.3, -0.25) is 5.32 Å². The van der Waals surface area contributed by atoms with E-state index >= 15 is 0 Å². The van der Waals surface area contributed by atoms with E-state index in [-0.39, 0.29) is 0 Å². The van der Waals surface area contributed by atoms with Gasteiger partial charge in [0.15, 0.2) is 5.76 Å². The summed E-state index contributed by atoms with van der Waals surface area (Å²) in [6, 6.07) is 5.08. The van der Waals surface area contributed by atoms with Crippen LogP contribution < -0.4 is 15.8 Å². The normalized spacial score (nSPS) is 11.1. The van der Waals surface area contributed by atoms with Gasteiger partial charge in [-0.25, -0.2) is 4.79 Å². The number of carbonyl (C=O) groups is 1. The van der Waals surface area contributed by atoms with Crippen molar-refractivity contribution in [2.75, 3.05) is 18.2 Å². The van der Waals surface area contributed by atoms with Crippen LogP contribution in [-0.2, 0) is 4.74 Å². The molecule has 0 fully saturated rings. The molecule has 1 heterocycles. The first-order chi connectivity index (χ1) is 10.3. The molecule has 1 aromatic heterocycles. The fourth-order valence-corrected chi connectivity index (χ4v) is 1.83. The summed E-state index contributed by atoms with van der Waals surface area (Å²) in [5.74, 6) is 0.915. The number of methoxy groups -OCH3 is 1. The minimum atomic E-state index is -0.567. The lowest BCUT2D eigenvalue weighted by Gasteiger charge is -2.20. The summed E-state index contributed by atoms with van der Waals surface area (Å²) >= 11 is 0. The Labute approximate surface area is 128 Å². The van der Waals surface area contributed by atoms with E-state index in [1.54, 1.807) is 39.0 Å². The standard InChI is InChI=1S/C15H19N3O4/c1-15(2,3)21-14(19)18-9-5-6-10(12(7-9)20-4)13-11(16)8-17-22-13/h5-8H,16H2,1-4H3,(H,18,19).